The summed E-state index contributed by atoms with van der Waals surface area (Å²) in [5, 5.41) is 19.8. The average molecular weight is 310 g/mol. The molecule has 23 heavy (non-hydrogen) atoms. The summed E-state index contributed by atoms with van der Waals surface area (Å²) < 4.78 is 0. The number of benzene rings is 1. The van der Waals surface area contributed by atoms with E-state index in [0.29, 0.717) is 0 Å². The minimum Gasteiger partial charge on any atom is -0.192 e. The Morgan fingerprint density at radius 2 is 0.957 bits per heavy atom. The highest BCUT2D eigenvalue weighted by molar-refractivity contribution is 5.64. The third-order valence-electron chi connectivity index (χ3n) is 4.72. The standard InChI is InChI=1S/C21H30N2/c1-9-15(8)21-17(11-23)19(13(4)5)18(12(2)3)16(10-22)20(21)14(6)7/h12-15H,9H2,1-8H3. The Balaban J connectivity index is 4.17. The minimum atomic E-state index is 0.234. The van der Waals surface area contributed by atoms with Crippen LogP contribution in [0.1, 0.15) is 119 Å². The summed E-state index contributed by atoms with van der Waals surface area (Å²) in [5.74, 6) is 0.989. The molecule has 1 aromatic carbocycles. The quantitative estimate of drug-likeness (QED) is 0.639. The van der Waals surface area contributed by atoms with Gasteiger partial charge in [0.2, 0.25) is 0 Å². The Labute approximate surface area is 142 Å². The van der Waals surface area contributed by atoms with E-state index < -0.39 is 0 Å². The molecule has 0 heterocycles. The zero-order chi connectivity index (χ0) is 17.9. The summed E-state index contributed by atoms with van der Waals surface area (Å²) in [5.41, 5.74) is 5.99. The van der Waals surface area contributed by atoms with Crippen LogP contribution in [0, 0.1) is 22.7 Å². The van der Waals surface area contributed by atoms with Gasteiger partial charge in [-0.1, -0.05) is 55.4 Å². The molecule has 1 atom stereocenters. The van der Waals surface area contributed by atoms with Gasteiger partial charge in [0, 0.05) is 0 Å². The fourth-order valence-corrected chi connectivity index (χ4v) is 3.58. The van der Waals surface area contributed by atoms with Crippen molar-refractivity contribution in [3.05, 3.63) is 33.4 Å². The number of hydrogen-bond donors (Lipinski definition) is 0. The normalized spacial score (nSPS) is 12.6. The van der Waals surface area contributed by atoms with Gasteiger partial charge < -0.3 is 0 Å². The third kappa shape index (κ3) is 3.42. The van der Waals surface area contributed by atoms with Crippen LogP contribution in [0.2, 0.25) is 0 Å². The summed E-state index contributed by atoms with van der Waals surface area (Å²) in [4.78, 5) is 0. The Morgan fingerprint density at radius 3 is 1.22 bits per heavy atom. The molecule has 0 aliphatic heterocycles. The van der Waals surface area contributed by atoms with Gasteiger partial charge >= 0.3 is 0 Å². The second-order valence-corrected chi connectivity index (χ2v) is 7.40. The largest absolute Gasteiger partial charge is 0.192 e. The maximum absolute atomic E-state index is 9.94. The molecule has 1 rings (SSSR count). The van der Waals surface area contributed by atoms with Crippen molar-refractivity contribution in [3.63, 3.8) is 0 Å². The van der Waals surface area contributed by atoms with Crippen molar-refractivity contribution in [2.24, 2.45) is 0 Å². The first kappa shape index (κ1) is 19.2. The molecule has 1 unspecified atom stereocenters. The molecule has 0 bridgehead atoms. The molecule has 0 radical (unpaired) electrons. The predicted molar refractivity (Wildman–Crippen MR) is 96.8 cm³/mol. The highest BCUT2D eigenvalue weighted by atomic mass is 14.4. The fraction of sp³-hybridized carbons (Fsp3) is 0.619. The Hall–Kier alpha value is -1.80. The summed E-state index contributed by atoms with van der Waals surface area (Å²) in [6.45, 7) is 17.1. The summed E-state index contributed by atoms with van der Waals surface area (Å²) in [7, 11) is 0. The van der Waals surface area contributed by atoms with E-state index in [4.69, 9.17) is 0 Å². The Kier molecular flexibility index (Phi) is 6.40. The van der Waals surface area contributed by atoms with E-state index >= 15 is 0 Å². The lowest BCUT2D eigenvalue weighted by Gasteiger charge is -2.29. The summed E-state index contributed by atoms with van der Waals surface area (Å²) in [6.07, 6.45) is 0.970. The van der Waals surface area contributed by atoms with Gasteiger partial charge in [0.05, 0.1) is 23.3 Å². The van der Waals surface area contributed by atoms with Gasteiger partial charge in [0.25, 0.3) is 0 Å². The number of hydrogen-bond acceptors (Lipinski definition) is 2. The molecule has 0 saturated carbocycles. The van der Waals surface area contributed by atoms with Crippen molar-refractivity contribution in [3.8, 4) is 12.1 Å². The van der Waals surface area contributed by atoms with Crippen LogP contribution in [0.15, 0.2) is 0 Å². The zero-order valence-electron chi connectivity index (χ0n) is 15.9. The molecule has 0 fully saturated rings. The molecule has 0 spiro atoms. The first-order chi connectivity index (χ1) is 10.7. The molecule has 0 saturated heterocycles. The van der Waals surface area contributed by atoms with Crippen LogP contribution in [0.5, 0.6) is 0 Å². The lowest BCUT2D eigenvalue weighted by atomic mass is 9.73. The van der Waals surface area contributed by atoms with Gasteiger partial charge in [-0.2, -0.15) is 10.5 Å². The van der Waals surface area contributed by atoms with Crippen molar-refractivity contribution in [1.82, 2.24) is 0 Å². The lowest BCUT2D eigenvalue weighted by Crippen LogP contribution is -2.15. The third-order valence-corrected chi connectivity index (χ3v) is 4.72. The van der Waals surface area contributed by atoms with Crippen LogP contribution in [0.3, 0.4) is 0 Å². The van der Waals surface area contributed by atoms with Crippen LogP contribution < -0.4 is 0 Å². The molecule has 124 valence electrons. The van der Waals surface area contributed by atoms with Crippen molar-refractivity contribution < 1.29 is 0 Å². The summed E-state index contributed by atoms with van der Waals surface area (Å²) in [6, 6.07) is 4.98. The van der Waals surface area contributed by atoms with E-state index in [-0.39, 0.29) is 23.7 Å². The first-order valence-electron chi connectivity index (χ1n) is 8.76. The molecular formula is C21H30N2. The van der Waals surface area contributed by atoms with Crippen LogP contribution >= 0.6 is 0 Å². The molecule has 2 heteroatoms. The van der Waals surface area contributed by atoms with Crippen molar-refractivity contribution >= 4 is 0 Å². The van der Waals surface area contributed by atoms with E-state index in [1.807, 2.05) is 0 Å². The van der Waals surface area contributed by atoms with E-state index in [0.717, 1.165) is 39.8 Å². The van der Waals surface area contributed by atoms with Crippen molar-refractivity contribution in [2.45, 2.75) is 85.5 Å². The molecule has 0 aliphatic rings. The maximum atomic E-state index is 9.94. The van der Waals surface area contributed by atoms with Crippen molar-refractivity contribution in [2.75, 3.05) is 0 Å². The van der Waals surface area contributed by atoms with E-state index in [2.05, 4.69) is 67.5 Å². The Morgan fingerprint density at radius 1 is 0.652 bits per heavy atom. The molecular weight excluding hydrogens is 280 g/mol. The number of rotatable bonds is 5. The zero-order valence-corrected chi connectivity index (χ0v) is 15.9. The van der Waals surface area contributed by atoms with Gasteiger partial charge in [-0.05, 0) is 52.3 Å². The van der Waals surface area contributed by atoms with Crippen LogP contribution in [-0.4, -0.2) is 0 Å². The van der Waals surface area contributed by atoms with Crippen LogP contribution in [0.4, 0.5) is 0 Å². The summed E-state index contributed by atoms with van der Waals surface area (Å²) >= 11 is 0. The second kappa shape index (κ2) is 7.65. The van der Waals surface area contributed by atoms with Gasteiger partial charge in [-0.15, -0.1) is 0 Å². The second-order valence-electron chi connectivity index (χ2n) is 7.40. The highest BCUT2D eigenvalue weighted by Gasteiger charge is 2.29. The van der Waals surface area contributed by atoms with E-state index in [1.165, 1.54) is 0 Å². The maximum Gasteiger partial charge on any atom is 0.0997 e. The van der Waals surface area contributed by atoms with Crippen LogP contribution in [0.25, 0.3) is 0 Å². The monoisotopic (exact) mass is 310 g/mol. The van der Waals surface area contributed by atoms with E-state index in [9.17, 15) is 10.5 Å². The van der Waals surface area contributed by atoms with Gasteiger partial charge in [-0.3, -0.25) is 0 Å². The van der Waals surface area contributed by atoms with Gasteiger partial charge in [0.15, 0.2) is 0 Å². The van der Waals surface area contributed by atoms with E-state index in [1.54, 1.807) is 0 Å². The number of nitriles is 2. The lowest BCUT2D eigenvalue weighted by molar-refractivity contribution is 0.689. The highest BCUT2D eigenvalue weighted by Crippen LogP contribution is 2.42. The predicted octanol–water partition coefficient (Wildman–Crippen LogP) is 6.31. The first-order valence-corrected chi connectivity index (χ1v) is 8.76. The topological polar surface area (TPSA) is 47.6 Å². The molecule has 2 nitrogen and oxygen atoms in total. The molecule has 0 aliphatic carbocycles. The van der Waals surface area contributed by atoms with Gasteiger partial charge in [-0.25, -0.2) is 0 Å². The molecule has 0 N–H and O–H groups in total. The van der Waals surface area contributed by atoms with Gasteiger partial charge in [0.1, 0.15) is 0 Å². The molecule has 0 aromatic heterocycles. The SMILES string of the molecule is CCC(C)c1c(C#N)c(C(C)C)c(C(C)C)c(C#N)c1C(C)C. The van der Waals surface area contributed by atoms with Crippen molar-refractivity contribution in [1.29, 1.82) is 10.5 Å². The van der Waals surface area contributed by atoms with Crippen LogP contribution in [-0.2, 0) is 0 Å². The minimum absolute atomic E-state index is 0.234. The fourth-order valence-electron chi connectivity index (χ4n) is 3.58. The smallest absolute Gasteiger partial charge is 0.0997 e. The Bertz CT molecular complexity index is 652. The molecule has 1 aromatic rings. The number of nitrogens with zero attached hydrogens (tertiary/aromatic N) is 2. The molecule has 0 amide bonds. The average Bonchev–Trinajstić information content (AvgIpc) is 2.50.